The summed E-state index contributed by atoms with van der Waals surface area (Å²) < 4.78 is 0. The zero-order valence-corrected chi connectivity index (χ0v) is 33.3. The lowest BCUT2D eigenvalue weighted by Gasteiger charge is -2.38. The Morgan fingerprint density at radius 2 is 1.07 bits per heavy atom. The molecule has 0 spiro atoms. The van der Waals surface area contributed by atoms with Gasteiger partial charge in [0, 0.05) is 47.0 Å². The number of hydrogen-bond acceptors (Lipinski definition) is 6. The SMILES string of the molecule is CN(C(=O)[C@H](CC1CCCCC1)NC(=O)C1CCCNC1)[C@@H](Cc1ccccc1)C(=O)N(C)[C@@H](Cc1ccccc1)C(=O)N(C)[C@@H](Cc1ccccc1)C(N)=O. The Hall–Kier alpha value is -5.03. The van der Waals surface area contributed by atoms with E-state index in [1.54, 1.807) is 21.1 Å². The van der Waals surface area contributed by atoms with Crippen molar-refractivity contribution >= 4 is 29.5 Å². The highest BCUT2D eigenvalue weighted by molar-refractivity contribution is 5.95. The lowest BCUT2D eigenvalue weighted by molar-refractivity contribution is -0.152. The predicted octanol–water partition coefficient (Wildman–Crippen LogP) is 4.14. The first-order valence-corrected chi connectivity index (χ1v) is 20.3. The van der Waals surface area contributed by atoms with Crippen LogP contribution in [0.1, 0.15) is 68.1 Å². The quantitative estimate of drug-likeness (QED) is 0.189. The van der Waals surface area contributed by atoms with Crippen LogP contribution in [0.3, 0.4) is 0 Å². The molecule has 56 heavy (non-hydrogen) atoms. The van der Waals surface area contributed by atoms with Crippen LogP contribution < -0.4 is 16.4 Å². The molecule has 5 amide bonds. The summed E-state index contributed by atoms with van der Waals surface area (Å²) in [6.07, 6.45) is 8.09. The maximum Gasteiger partial charge on any atom is 0.246 e. The number of rotatable bonds is 17. The smallest absolute Gasteiger partial charge is 0.246 e. The van der Waals surface area contributed by atoms with Gasteiger partial charge in [0.2, 0.25) is 29.5 Å². The molecule has 3 aromatic carbocycles. The second-order valence-corrected chi connectivity index (χ2v) is 15.7. The highest BCUT2D eigenvalue weighted by Gasteiger charge is 2.40. The van der Waals surface area contributed by atoms with Gasteiger partial charge in [-0.3, -0.25) is 24.0 Å². The van der Waals surface area contributed by atoms with Crippen molar-refractivity contribution in [2.75, 3.05) is 34.2 Å². The van der Waals surface area contributed by atoms with Crippen LogP contribution in [0.4, 0.5) is 0 Å². The highest BCUT2D eigenvalue weighted by atomic mass is 16.2. The number of piperidine rings is 1. The molecular formula is C45H60N6O5. The van der Waals surface area contributed by atoms with Gasteiger partial charge in [0.1, 0.15) is 24.2 Å². The Bertz CT molecular complexity index is 1730. The van der Waals surface area contributed by atoms with E-state index >= 15 is 4.79 Å². The van der Waals surface area contributed by atoms with Crippen LogP contribution in [-0.2, 0) is 43.2 Å². The van der Waals surface area contributed by atoms with Crippen LogP contribution in [0.5, 0.6) is 0 Å². The van der Waals surface area contributed by atoms with Crippen molar-refractivity contribution in [2.24, 2.45) is 17.6 Å². The average Bonchev–Trinajstić information content (AvgIpc) is 3.23. The van der Waals surface area contributed by atoms with Gasteiger partial charge < -0.3 is 31.1 Å². The minimum Gasteiger partial charge on any atom is -0.368 e. The zero-order valence-electron chi connectivity index (χ0n) is 33.3. The van der Waals surface area contributed by atoms with Crippen molar-refractivity contribution in [2.45, 2.75) is 94.8 Å². The van der Waals surface area contributed by atoms with Crippen molar-refractivity contribution in [1.29, 1.82) is 0 Å². The first-order valence-electron chi connectivity index (χ1n) is 20.3. The number of nitrogens with zero attached hydrogens (tertiary/aromatic N) is 3. The topological polar surface area (TPSA) is 145 Å². The monoisotopic (exact) mass is 764 g/mol. The molecule has 4 N–H and O–H groups in total. The third-order valence-electron chi connectivity index (χ3n) is 11.7. The molecule has 1 aliphatic heterocycles. The normalized spacial score (nSPS) is 18.1. The van der Waals surface area contributed by atoms with E-state index in [0.29, 0.717) is 18.9 Å². The third-order valence-corrected chi connectivity index (χ3v) is 11.7. The maximum absolute atomic E-state index is 15.0. The molecular weight excluding hydrogens is 705 g/mol. The number of carbonyl (C=O) groups is 5. The molecule has 1 saturated carbocycles. The molecule has 11 nitrogen and oxygen atoms in total. The van der Waals surface area contributed by atoms with Crippen LogP contribution in [0.2, 0.25) is 0 Å². The molecule has 1 unspecified atom stereocenters. The molecule has 3 aromatic rings. The molecule has 1 saturated heterocycles. The first-order chi connectivity index (χ1) is 27.0. The fraction of sp³-hybridized carbons (Fsp3) is 0.489. The standard InChI is InChI=1S/C45H60N6O5/c1-49(38(41(46)52)28-33-19-10-5-11-20-33)44(55)40(30-35-23-14-7-15-24-35)51(3)45(56)39(29-34-21-12-6-13-22-34)50(2)43(54)37(27-32-17-8-4-9-18-32)48-42(53)36-25-16-26-47-31-36/h5-7,10-15,19-24,32,36-40,47H,4,8-9,16-18,25-31H2,1-3H3,(H2,46,52)(H,48,53)/t36?,37-,38-,39-,40-/m0/s1. The van der Waals surface area contributed by atoms with Gasteiger partial charge in [0.25, 0.3) is 0 Å². The van der Waals surface area contributed by atoms with E-state index in [0.717, 1.165) is 61.8 Å². The molecule has 11 heteroatoms. The molecule has 5 rings (SSSR count). The van der Waals surface area contributed by atoms with E-state index in [1.165, 1.54) is 21.1 Å². The summed E-state index contributed by atoms with van der Waals surface area (Å²) in [6, 6.07) is 24.5. The second kappa shape index (κ2) is 20.8. The minimum absolute atomic E-state index is 0.140. The second-order valence-electron chi connectivity index (χ2n) is 15.7. The molecule has 0 aromatic heterocycles. The van der Waals surface area contributed by atoms with Crippen LogP contribution in [-0.4, -0.2) is 103 Å². The largest absolute Gasteiger partial charge is 0.368 e. The fourth-order valence-electron chi connectivity index (χ4n) is 8.24. The van der Waals surface area contributed by atoms with Crippen molar-refractivity contribution in [3.8, 4) is 0 Å². The van der Waals surface area contributed by atoms with Crippen molar-refractivity contribution < 1.29 is 24.0 Å². The molecule has 300 valence electrons. The summed E-state index contributed by atoms with van der Waals surface area (Å²) in [5, 5.41) is 6.44. The van der Waals surface area contributed by atoms with Gasteiger partial charge in [0.05, 0.1) is 5.92 Å². The number of hydrogen-bond donors (Lipinski definition) is 3. The van der Waals surface area contributed by atoms with Gasteiger partial charge in [-0.25, -0.2) is 0 Å². The maximum atomic E-state index is 15.0. The lowest BCUT2D eigenvalue weighted by Crippen LogP contribution is -2.60. The first kappa shape index (κ1) is 42.1. The van der Waals surface area contributed by atoms with Crippen LogP contribution in [0.25, 0.3) is 0 Å². The number of nitrogens with one attached hydrogen (secondary N) is 2. The van der Waals surface area contributed by atoms with Crippen molar-refractivity contribution in [1.82, 2.24) is 25.3 Å². The Labute approximate surface area is 332 Å². The van der Waals surface area contributed by atoms with E-state index < -0.39 is 41.9 Å². The van der Waals surface area contributed by atoms with Gasteiger partial charge in [-0.2, -0.15) is 0 Å². The fourth-order valence-corrected chi connectivity index (χ4v) is 8.24. The van der Waals surface area contributed by atoms with E-state index in [-0.39, 0.29) is 37.0 Å². The lowest BCUT2D eigenvalue weighted by atomic mass is 9.84. The summed E-state index contributed by atoms with van der Waals surface area (Å²) >= 11 is 0. The van der Waals surface area contributed by atoms with Gasteiger partial charge in [-0.15, -0.1) is 0 Å². The van der Waals surface area contributed by atoms with Crippen LogP contribution in [0.15, 0.2) is 91.0 Å². The van der Waals surface area contributed by atoms with Crippen molar-refractivity contribution in [3.05, 3.63) is 108 Å². The van der Waals surface area contributed by atoms with E-state index in [4.69, 9.17) is 5.73 Å². The number of nitrogens with two attached hydrogens (primary N) is 1. The molecule has 1 aliphatic carbocycles. The summed E-state index contributed by atoms with van der Waals surface area (Å²) in [6.45, 7) is 1.44. The van der Waals surface area contributed by atoms with E-state index in [9.17, 15) is 19.2 Å². The van der Waals surface area contributed by atoms with Gasteiger partial charge in [-0.05, 0) is 48.4 Å². The summed E-state index contributed by atoms with van der Waals surface area (Å²) in [4.78, 5) is 75.1. The molecule has 2 fully saturated rings. The summed E-state index contributed by atoms with van der Waals surface area (Å²) in [7, 11) is 4.77. The number of benzene rings is 3. The third kappa shape index (κ3) is 11.5. The molecule has 0 bridgehead atoms. The van der Waals surface area contributed by atoms with Gasteiger partial charge >= 0.3 is 0 Å². The number of primary amides is 1. The van der Waals surface area contributed by atoms with Crippen LogP contribution >= 0.6 is 0 Å². The summed E-state index contributed by atoms with van der Waals surface area (Å²) in [5.74, 6) is -1.92. The number of amides is 5. The van der Waals surface area contributed by atoms with Crippen LogP contribution in [0, 0.1) is 11.8 Å². The zero-order chi connectivity index (χ0) is 40.0. The Kier molecular flexibility index (Phi) is 15.6. The Morgan fingerprint density at radius 3 is 1.52 bits per heavy atom. The van der Waals surface area contributed by atoms with Crippen molar-refractivity contribution in [3.63, 3.8) is 0 Å². The average molecular weight is 765 g/mol. The number of carbonyl (C=O) groups excluding carboxylic acids is 5. The molecule has 1 heterocycles. The molecule has 0 radical (unpaired) electrons. The summed E-state index contributed by atoms with van der Waals surface area (Å²) in [5.41, 5.74) is 8.43. The predicted molar refractivity (Wildman–Crippen MR) is 218 cm³/mol. The minimum atomic E-state index is -1.02. The molecule has 5 atom stereocenters. The number of likely N-dealkylation sites (N-methyl/N-ethyl adjacent to an activating group) is 3. The molecule has 2 aliphatic rings. The Morgan fingerprint density at radius 1 is 0.625 bits per heavy atom. The van der Waals surface area contributed by atoms with Gasteiger partial charge in [-0.1, -0.05) is 123 Å². The Balaban J connectivity index is 1.46. The highest BCUT2D eigenvalue weighted by Crippen LogP contribution is 2.29. The van der Waals surface area contributed by atoms with E-state index in [2.05, 4.69) is 10.6 Å². The van der Waals surface area contributed by atoms with E-state index in [1.807, 2.05) is 91.0 Å². The van der Waals surface area contributed by atoms with Gasteiger partial charge in [0.15, 0.2) is 0 Å².